The van der Waals surface area contributed by atoms with Gasteiger partial charge in [0, 0.05) is 25.0 Å². The lowest BCUT2D eigenvalue weighted by Crippen LogP contribution is -2.49. The van der Waals surface area contributed by atoms with E-state index in [-0.39, 0.29) is 5.41 Å². The van der Waals surface area contributed by atoms with E-state index in [4.69, 9.17) is 10.3 Å². The fraction of sp³-hybridized carbons (Fsp3) is 0.867. The standard InChI is InChI=1S/C15H28N4O/c1-11(2)10-19-8-6-15(16,7-9-19)12-17-13(20-18-12)14(3,4)5/h11H,6-10,16H2,1-5H3. The van der Waals surface area contributed by atoms with Gasteiger partial charge in [0.2, 0.25) is 5.89 Å². The second-order valence-corrected chi connectivity index (χ2v) is 7.52. The molecule has 0 amide bonds. The maximum atomic E-state index is 6.52. The zero-order valence-corrected chi connectivity index (χ0v) is 13.4. The van der Waals surface area contributed by atoms with Gasteiger partial charge in [0.1, 0.15) is 0 Å². The number of hydrogen-bond donors (Lipinski definition) is 1. The molecule has 0 atom stereocenters. The second-order valence-electron chi connectivity index (χ2n) is 7.52. The van der Waals surface area contributed by atoms with Crippen LogP contribution in [0.2, 0.25) is 0 Å². The Balaban J connectivity index is 2.04. The van der Waals surface area contributed by atoms with Gasteiger partial charge in [0.15, 0.2) is 5.82 Å². The maximum absolute atomic E-state index is 6.52. The van der Waals surface area contributed by atoms with Crippen LogP contribution in [0, 0.1) is 5.92 Å². The summed E-state index contributed by atoms with van der Waals surface area (Å²) in [5.41, 5.74) is 5.96. The third-order valence-corrected chi connectivity index (χ3v) is 3.88. The van der Waals surface area contributed by atoms with Gasteiger partial charge in [-0.05, 0) is 18.8 Å². The van der Waals surface area contributed by atoms with Gasteiger partial charge in [-0.25, -0.2) is 0 Å². The molecule has 0 aliphatic carbocycles. The molecule has 114 valence electrons. The lowest BCUT2D eigenvalue weighted by Gasteiger charge is -2.37. The first-order valence-corrected chi connectivity index (χ1v) is 7.56. The van der Waals surface area contributed by atoms with Crippen LogP contribution in [-0.2, 0) is 11.0 Å². The fourth-order valence-electron chi connectivity index (χ4n) is 2.60. The number of likely N-dealkylation sites (tertiary alicyclic amines) is 1. The quantitative estimate of drug-likeness (QED) is 0.920. The van der Waals surface area contributed by atoms with Crippen molar-refractivity contribution in [1.29, 1.82) is 0 Å². The average Bonchev–Trinajstić information content (AvgIpc) is 2.81. The molecule has 0 bridgehead atoms. The smallest absolute Gasteiger partial charge is 0.232 e. The lowest BCUT2D eigenvalue weighted by atomic mass is 9.87. The highest BCUT2D eigenvalue weighted by molar-refractivity contribution is 5.09. The molecule has 2 rings (SSSR count). The van der Waals surface area contributed by atoms with E-state index < -0.39 is 5.54 Å². The summed E-state index contributed by atoms with van der Waals surface area (Å²) in [4.78, 5) is 7.01. The number of piperidine rings is 1. The average molecular weight is 280 g/mol. The van der Waals surface area contributed by atoms with Crippen LogP contribution in [0.15, 0.2) is 4.52 Å². The van der Waals surface area contributed by atoms with Crippen molar-refractivity contribution < 1.29 is 4.52 Å². The zero-order chi connectivity index (χ0) is 15.0. The summed E-state index contributed by atoms with van der Waals surface area (Å²) >= 11 is 0. The van der Waals surface area contributed by atoms with Crippen LogP contribution in [0.25, 0.3) is 0 Å². The molecule has 0 saturated carbocycles. The molecule has 1 fully saturated rings. The topological polar surface area (TPSA) is 68.2 Å². The molecule has 1 saturated heterocycles. The molecule has 1 aromatic rings. The van der Waals surface area contributed by atoms with Crippen molar-refractivity contribution in [1.82, 2.24) is 15.0 Å². The predicted octanol–water partition coefficient (Wildman–Crippen LogP) is 2.27. The highest BCUT2D eigenvalue weighted by Gasteiger charge is 2.37. The van der Waals surface area contributed by atoms with Gasteiger partial charge < -0.3 is 15.2 Å². The molecule has 0 radical (unpaired) electrons. The normalized spacial score (nSPS) is 20.6. The summed E-state index contributed by atoms with van der Waals surface area (Å²) < 4.78 is 5.38. The lowest BCUT2D eigenvalue weighted by molar-refractivity contribution is 0.141. The van der Waals surface area contributed by atoms with E-state index in [1.54, 1.807) is 0 Å². The van der Waals surface area contributed by atoms with Crippen molar-refractivity contribution >= 4 is 0 Å². The molecule has 0 aromatic carbocycles. The Kier molecular flexibility index (Phi) is 4.21. The predicted molar refractivity (Wildman–Crippen MR) is 79.4 cm³/mol. The summed E-state index contributed by atoms with van der Waals surface area (Å²) in [6.45, 7) is 13.9. The number of nitrogens with two attached hydrogens (primary N) is 1. The van der Waals surface area contributed by atoms with Gasteiger partial charge in [-0.3, -0.25) is 0 Å². The first kappa shape index (κ1) is 15.4. The highest BCUT2D eigenvalue weighted by atomic mass is 16.5. The third-order valence-electron chi connectivity index (χ3n) is 3.88. The molecule has 20 heavy (non-hydrogen) atoms. The van der Waals surface area contributed by atoms with Crippen LogP contribution >= 0.6 is 0 Å². The Morgan fingerprint density at radius 3 is 2.35 bits per heavy atom. The van der Waals surface area contributed by atoms with Gasteiger partial charge >= 0.3 is 0 Å². The van der Waals surface area contributed by atoms with E-state index in [1.165, 1.54) is 0 Å². The van der Waals surface area contributed by atoms with E-state index in [2.05, 4.69) is 49.7 Å². The zero-order valence-electron chi connectivity index (χ0n) is 13.4. The maximum Gasteiger partial charge on any atom is 0.232 e. The minimum Gasteiger partial charge on any atom is -0.339 e. The Labute approximate surface area is 121 Å². The highest BCUT2D eigenvalue weighted by Crippen LogP contribution is 2.30. The van der Waals surface area contributed by atoms with E-state index >= 15 is 0 Å². The van der Waals surface area contributed by atoms with Gasteiger partial charge in [-0.1, -0.05) is 39.8 Å². The van der Waals surface area contributed by atoms with Crippen LogP contribution < -0.4 is 5.73 Å². The van der Waals surface area contributed by atoms with E-state index in [0.717, 1.165) is 32.5 Å². The van der Waals surface area contributed by atoms with Crippen molar-refractivity contribution in [3.63, 3.8) is 0 Å². The molecule has 2 heterocycles. The Bertz CT molecular complexity index is 439. The Morgan fingerprint density at radius 1 is 1.30 bits per heavy atom. The summed E-state index contributed by atoms with van der Waals surface area (Å²) in [6, 6.07) is 0. The van der Waals surface area contributed by atoms with Crippen molar-refractivity contribution in [2.24, 2.45) is 11.7 Å². The molecule has 0 unspecified atom stereocenters. The Hall–Kier alpha value is -0.940. The van der Waals surface area contributed by atoms with Crippen LogP contribution in [0.4, 0.5) is 0 Å². The van der Waals surface area contributed by atoms with Crippen molar-refractivity contribution in [3.8, 4) is 0 Å². The number of aromatic nitrogens is 2. The Morgan fingerprint density at radius 2 is 1.90 bits per heavy atom. The molecule has 1 aliphatic rings. The molecule has 5 heteroatoms. The second kappa shape index (κ2) is 5.45. The summed E-state index contributed by atoms with van der Waals surface area (Å²) in [6.07, 6.45) is 1.78. The van der Waals surface area contributed by atoms with Crippen molar-refractivity contribution in [2.45, 2.75) is 58.4 Å². The van der Waals surface area contributed by atoms with Crippen molar-refractivity contribution in [2.75, 3.05) is 19.6 Å². The minimum atomic E-state index is -0.430. The summed E-state index contributed by atoms with van der Waals surface area (Å²) in [5, 5.41) is 4.13. The minimum absolute atomic E-state index is 0.125. The van der Waals surface area contributed by atoms with Gasteiger partial charge in [-0.15, -0.1) is 0 Å². The summed E-state index contributed by atoms with van der Waals surface area (Å²) in [5.74, 6) is 2.03. The van der Waals surface area contributed by atoms with Crippen LogP contribution in [0.5, 0.6) is 0 Å². The molecular weight excluding hydrogens is 252 g/mol. The number of nitrogens with zero attached hydrogens (tertiary/aromatic N) is 3. The van der Waals surface area contributed by atoms with E-state index in [0.29, 0.717) is 17.6 Å². The first-order valence-electron chi connectivity index (χ1n) is 7.56. The molecule has 1 aliphatic heterocycles. The third kappa shape index (κ3) is 3.38. The molecule has 1 aromatic heterocycles. The van der Waals surface area contributed by atoms with Crippen LogP contribution in [-0.4, -0.2) is 34.7 Å². The molecule has 5 nitrogen and oxygen atoms in total. The van der Waals surface area contributed by atoms with Crippen LogP contribution in [0.1, 0.15) is 59.2 Å². The molecular formula is C15H28N4O. The van der Waals surface area contributed by atoms with Gasteiger partial charge in [0.05, 0.1) is 5.54 Å². The summed E-state index contributed by atoms with van der Waals surface area (Å²) in [7, 11) is 0. The largest absolute Gasteiger partial charge is 0.339 e. The molecule has 2 N–H and O–H groups in total. The van der Waals surface area contributed by atoms with Gasteiger partial charge in [-0.2, -0.15) is 4.98 Å². The number of hydrogen-bond acceptors (Lipinski definition) is 5. The van der Waals surface area contributed by atoms with Crippen LogP contribution in [0.3, 0.4) is 0 Å². The van der Waals surface area contributed by atoms with E-state index in [1.807, 2.05) is 0 Å². The molecule has 0 spiro atoms. The number of rotatable bonds is 3. The monoisotopic (exact) mass is 280 g/mol. The van der Waals surface area contributed by atoms with Crippen molar-refractivity contribution in [3.05, 3.63) is 11.7 Å². The fourth-order valence-corrected chi connectivity index (χ4v) is 2.60. The van der Waals surface area contributed by atoms with E-state index in [9.17, 15) is 0 Å². The first-order chi connectivity index (χ1) is 9.21. The van der Waals surface area contributed by atoms with Gasteiger partial charge in [0.25, 0.3) is 0 Å². The SMILES string of the molecule is CC(C)CN1CCC(N)(c2noc(C(C)(C)C)n2)CC1.